The molecule has 1 aromatic carbocycles. The van der Waals surface area contributed by atoms with Crippen molar-refractivity contribution in [3.05, 3.63) is 46.3 Å². The van der Waals surface area contributed by atoms with Crippen molar-refractivity contribution in [1.29, 1.82) is 0 Å². The van der Waals surface area contributed by atoms with Gasteiger partial charge in [-0.3, -0.25) is 5.10 Å². The van der Waals surface area contributed by atoms with Crippen molar-refractivity contribution in [3.8, 4) is 0 Å². The number of nitrogens with zero attached hydrogens (tertiary/aromatic N) is 1. The molecule has 0 unspecified atom stereocenters. The van der Waals surface area contributed by atoms with Crippen molar-refractivity contribution >= 4 is 27.9 Å². The summed E-state index contributed by atoms with van der Waals surface area (Å²) >= 11 is 1.88. The molecule has 0 aliphatic carbocycles. The number of aromatic amines is 1. The average Bonchev–Trinajstić information content (AvgIpc) is 3.04. The van der Waals surface area contributed by atoms with Crippen LogP contribution in [0.2, 0.25) is 0 Å². The summed E-state index contributed by atoms with van der Waals surface area (Å²) in [5.74, 6) is 0. The molecule has 2 aromatic heterocycles. The molecule has 2 heterocycles. The van der Waals surface area contributed by atoms with Gasteiger partial charge >= 0.3 is 0 Å². The van der Waals surface area contributed by atoms with Crippen molar-refractivity contribution in [2.24, 2.45) is 0 Å². The molecule has 4 heteroatoms. The Labute approximate surface area is 110 Å². The summed E-state index contributed by atoms with van der Waals surface area (Å²) < 4.78 is 0. The molecule has 18 heavy (non-hydrogen) atoms. The minimum atomic E-state index is 0.883. The fraction of sp³-hybridized carbons (Fsp3) is 0.214. The van der Waals surface area contributed by atoms with Gasteiger partial charge in [-0.05, 0) is 36.8 Å². The maximum atomic E-state index is 4.02. The van der Waals surface area contributed by atoms with Crippen LogP contribution in [0.1, 0.15) is 16.7 Å². The van der Waals surface area contributed by atoms with Crippen LogP contribution in [0.15, 0.2) is 36.5 Å². The van der Waals surface area contributed by atoms with Crippen LogP contribution in [0, 0.1) is 0 Å². The lowest BCUT2D eigenvalue weighted by atomic mass is 10.2. The highest BCUT2D eigenvalue weighted by Gasteiger charge is 2.00. The number of hydrogen-bond acceptors (Lipinski definition) is 3. The molecule has 0 fully saturated rings. The molecule has 0 bridgehead atoms. The highest BCUT2D eigenvalue weighted by molar-refractivity contribution is 7.12. The van der Waals surface area contributed by atoms with E-state index in [9.17, 15) is 0 Å². The predicted molar refractivity (Wildman–Crippen MR) is 77.1 cm³/mol. The Morgan fingerprint density at radius 3 is 2.94 bits per heavy atom. The van der Waals surface area contributed by atoms with Gasteiger partial charge in [0.15, 0.2) is 0 Å². The van der Waals surface area contributed by atoms with Crippen LogP contribution in [0.25, 0.3) is 10.9 Å². The fourth-order valence-corrected chi connectivity index (χ4v) is 2.85. The molecule has 3 nitrogen and oxygen atoms in total. The molecule has 0 saturated carbocycles. The van der Waals surface area contributed by atoms with Crippen molar-refractivity contribution in [2.75, 3.05) is 5.32 Å². The first-order valence-corrected chi connectivity index (χ1v) is 6.91. The first kappa shape index (κ1) is 11.3. The first-order chi connectivity index (χ1) is 8.85. The maximum Gasteiger partial charge on any atom is 0.0651 e. The Kier molecular flexibility index (Phi) is 3.02. The number of nitrogens with one attached hydrogen (secondary N) is 2. The third kappa shape index (κ3) is 2.24. The molecule has 0 spiro atoms. The zero-order chi connectivity index (χ0) is 12.4. The van der Waals surface area contributed by atoms with E-state index >= 15 is 0 Å². The lowest BCUT2D eigenvalue weighted by Gasteiger charge is -2.04. The van der Waals surface area contributed by atoms with E-state index in [-0.39, 0.29) is 0 Å². The van der Waals surface area contributed by atoms with E-state index in [0.29, 0.717) is 0 Å². The Hall–Kier alpha value is -1.81. The highest BCUT2D eigenvalue weighted by Crippen LogP contribution is 2.20. The Morgan fingerprint density at radius 1 is 1.22 bits per heavy atom. The Bertz CT molecular complexity index is 654. The van der Waals surface area contributed by atoms with Crippen LogP contribution in [0.5, 0.6) is 0 Å². The zero-order valence-corrected chi connectivity index (χ0v) is 11.1. The second-order valence-electron chi connectivity index (χ2n) is 4.25. The van der Waals surface area contributed by atoms with Gasteiger partial charge in [0.25, 0.3) is 0 Å². The summed E-state index contributed by atoms with van der Waals surface area (Å²) in [6, 6.07) is 10.7. The van der Waals surface area contributed by atoms with Crippen LogP contribution in [-0.2, 0) is 13.0 Å². The number of aryl methyl sites for hydroxylation is 1. The summed E-state index contributed by atoms with van der Waals surface area (Å²) in [5.41, 5.74) is 2.21. The van der Waals surface area contributed by atoms with Crippen LogP contribution in [-0.4, -0.2) is 10.2 Å². The van der Waals surface area contributed by atoms with Crippen molar-refractivity contribution in [2.45, 2.75) is 19.9 Å². The monoisotopic (exact) mass is 257 g/mol. The summed E-state index contributed by atoms with van der Waals surface area (Å²) in [6.45, 7) is 3.07. The molecular formula is C14H15N3S. The molecule has 3 rings (SSSR count). The second-order valence-corrected chi connectivity index (χ2v) is 5.50. The van der Waals surface area contributed by atoms with Crippen LogP contribution in [0.3, 0.4) is 0 Å². The molecule has 0 aliphatic rings. The minimum absolute atomic E-state index is 0.883. The quantitative estimate of drug-likeness (QED) is 0.746. The average molecular weight is 257 g/mol. The number of anilines is 1. The fourth-order valence-electron chi connectivity index (χ4n) is 1.95. The summed E-state index contributed by atoms with van der Waals surface area (Å²) in [6.07, 6.45) is 2.96. The molecule has 3 aromatic rings. The van der Waals surface area contributed by atoms with Crippen molar-refractivity contribution < 1.29 is 0 Å². The van der Waals surface area contributed by atoms with Gasteiger partial charge in [0.05, 0.1) is 11.7 Å². The van der Waals surface area contributed by atoms with Gasteiger partial charge in [-0.1, -0.05) is 6.92 Å². The predicted octanol–water partition coefficient (Wildman–Crippen LogP) is 3.80. The van der Waals surface area contributed by atoms with Gasteiger partial charge < -0.3 is 5.32 Å². The lowest BCUT2D eigenvalue weighted by Crippen LogP contribution is -1.96. The van der Waals surface area contributed by atoms with Gasteiger partial charge in [0, 0.05) is 27.4 Å². The molecule has 0 radical (unpaired) electrons. The van der Waals surface area contributed by atoms with E-state index in [1.165, 1.54) is 9.75 Å². The minimum Gasteiger partial charge on any atom is -0.380 e. The Morgan fingerprint density at radius 2 is 2.11 bits per heavy atom. The number of benzene rings is 1. The molecule has 0 aliphatic heterocycles. The number of aromatic nitrogens is 2. The van der Waals surface area contributed by atoms with Crippen molar-refractivity contribution in [1.82, 2.24) is 10.2 Å². The third-order valence-electron chi connectivity index (χ3n) is 2.97. The van der Waals surface area contributed by atoms with E-state index < -0.39 is 0 Å². The standard InChI is InChI=1S/C14H15N3S/c1-2-12-4-5-13(18-12)9-15-11-3-6-14-10(7-11)8-16-17-14/h3-8,15H,2,9H2,1H3,(H,16,17). The second kappa shape index (κ2) is 4.82. The van der Waals surface area contributed by atoms with Gasteiger partial charge in [-0.2, -0.15) is 5.10 Å². The summed E-state index contributed by atoms with van der Waals surface area (Å²) in [5, 5.41) is 11.6. The molecule has 2 N–H and O–H groups in total. The van der Waals surface area contributed by atoms with Crippen molar-refractivity contribution in [3.63, 3.8) is 0 Å². The van der Waals surface area contributed by atoms with Gasteiger partial charge in [0.2, 0.25) is 0 Å². The smallest absolute Gasteiger partial charge is 0.0651 e. The van der Waals surface area contributed by atoms with E-state index in [4.69, 9.17) is 0 Å². The van der Waals surface area contributed by atoms with Crippen LogP contribution < -0.4 is 5.32 Å². The van der Waals surface area contributed by atoms with E-state index in [1.807, 2.05) is 17.5 Å². The molecule has 92 valence electrons. The lowest BCUT2D eigenvalue weighted by molar-refractivity contribution is 1.12. The number of H-pyrrole nitrogens is 1. The number of thiophene rings is 1. The van der Waals surface area contributed by atoms with E-state index in [0.717, 1.165) is 29.6 Å². The maximum absolute atomic E-state index is 4.02. The van der Waals surface area contributed by atoms with Gasteiger partial charge in [-0.15, -0.1) is 11.3 Å². The van der Waals surface area contributed by atoms with Crippen LogP contribution in [0.4, 0.5) is 5.69 Å². The summed E-state index contributed by atoms with van der Waals surface area (Å²) in [4.78, 5) is 2.82. The zero-order valence-electron chi connectivity index (χ0n) is 10.2. The SMILES string of the molecule is CCc1ccc(CNc2ccc3[nH]ncc3c2)s1. The molecule has 0 saturated heterocycles. The highest BCUT2D eigenvalue weighted by atomic mass is 32.1. The van der Waals surface area contributed by atoms with Gasteiger partial charge in [-0.25, -0.2) is 0 Å². The number of rotatable bonds is 4. The molecule has 0 amide bonds. The first-order valence-electron chi connectivity index (χ1n) is 6.10. The largest absolute Gasteiger partial charge is 0.380 e. The van der Waals surface area contributed by atoms with E-state index in [2.05, 4.69) is 52.8 Å². The summed E-state index contributed by atoms with van der Waals surface area (Å²) in [7, 11) is 0. The normalized spacial score (nSPS) is 10.9. The van der Waals surface area contributed by atoms with Crippen LogP contribution >= 0.6 is 11.3 Å². The van der Waals surface area contributed by atoms with E-state index in [1.54, 1.807) is 0 Å². The third-order valence-corrected chi connectivity index (χ3v) is 4.20. The molecule has 0 atom stereocenters. The topological polar surface area (TPSA) is 40.7 Å². The Balaban J connectivity index is 1.72. The number of hydrogen-bond donors (Lipinski definition) is 2. The number of fused-ring (bicyclic) bond motifs is 1. The molecular weight excluding hydrogens is 242 g/mol. The van der Waals surface area contributed by atoms with Gasteiger partial charge in [0.1, 0.15) is 0 Å².